The van der Waals surface area contributed by atoms with Crippen LogP contribution in [0.25, 0.3) is 0 Å². The van der Waals surface area contributed by atoms with Crippen LogP contribution in [0.1, 0.15) is 19.8 Å². The minimum absolute atomic E-state index is 0.141. The highest BCUT2D eigenvalue weighted by Crippen LogP contribution is 1.97. The quantitative estimate of drug-likeness (QED) is 0.565. The maximum Gasteiger partial charge on any atom is 0.250 e. The molecule has 2 atom stereocenters. The van der Waals surface area contributed by atoms with Crippen LogP contribution in [0.3, 0.4) is 0 Å². The van der Waals surface area contributed by atoms with Crippen LogP contribution in [0.4, 0.5) is 0 Å². The van der Waals surface area contributed by atoms with E-state index < -0.39 is 12.2 Å². The molecule has 1 aliphatic heterocycles. The van der Waals surface area contributed by atoms with Crippen molar-refractivity contribution in [2.45, 2.75) is 32.0 Å². The molecule has 0 spiro atoms. The first-order valence-electron chi connectivity index (χ1n) is 5.52. The number of hydrogen-bond acceptors (Lipinski definition) is 4. The van der Waals surface area contributed by atoms with E-state index >= 15 is 0 Å². The van der Waals surface area contributed by atoms with E-state index in [-0.39, 0.29) is 5.91 Å². The van der Waals surface area contributed by atoms with Gasteiger partial charge in [0.1, 0.15) is 6.10 Å². The summed E-state index contributed by atoms with van der Waals surface area (Å²) in [4.78, 5) is 11.5. The number of rotatable bonds is 5. The maximum absolute atomic E-state index is 11.5. The second-order valence-electron chi connectivity index (χ2n) is 3.75. The summed E-state index contributed by atoms with van der Waals surface area (Å²) in [6, 6.07) is 0. The van der Waals surface area contributed by atoms with Gasteiger partial charge in [0.05, 0.1) is 12.7 Å². The highest BCUT2D eigenvalue weighted by Gasteiger charge is 2.21. The van der Waals surface area contributed by atoms with Gasteiger partial charge in [-0.3, -0.25) is 4.79 Å². The zero-order valence-electron chi connectivity index (χ0n) is 9.16. The largest absolute Gasteiger partial charge is 0.391 e. The minimum Gasteiger partial charge on any atom is -0.391 e. The molecule has 1 aliphatic rings. The molecule has 1 heterocycles. The molecule has 88 valence electrons. The van der Waals surface area contributed by atoms with Crippen molar-refractivity contribution in [3.05, 3.63) is 0 Å². The number of ether oxygens (including phenoxy) is 1. The number of morpholine rings is 1. The van der Waals surface area contributed by atoms with Crippen LogP contribution in [-0.2, 0) is 9.53 Å². The average Bonchev–Trinajstić information content (AvgIpc) is 2.27. The summed E-state index contributed by atoms with van der Waals surface area (Å²) >= 11 is 0. The highest BCUT2D eigenvalue weighted by atomic mass is 16.5. The van der Waals surface area contributed by atoms with Crippen molar-refractivity contribution in [2.75, 3.05) is 26.2 Å². The van der Waals surface area contributed by atoms with Crippen LogP contribution in [-0.4, -0.2) is 49.5 Å². The van der Waals surface area contributed by atoms with Crippen LogP contribution in [0.15, 0.2) is 0 Å². The van der Waals surface area contributed by atoms with Gasteiger partial charge in [0, 0.05) is 19.6 Å². The van der Waals surface area contributed by atoms with Crippen molar-refractivity contribution in [1.82, 2.24) is 10.6 Å². The lowest BCUT2D eigenvalue weighted by molar-refractivity contribution is -0.134. The molecule has 0 aliphatic carbocycles. The molecule has 0 bridgehead atoms. The fourth-order valence-electron chi connectivity index (χ4n) is 1.50. The fourth-order valence-corrected chi connectivity index (χ4v) is 1.50. The molecule has 0 radical (unpaired) electrons. The van der Waals surface area contributed by atoms with Crippen LogP contribution in [0, 0.1) is 0 Å². The third kappa shape index (κ3) is 4.59. The Balaban J connectivity index is 2.16. The van der Waals surface area contributed by atoms with Gasteiger partial charge in [-0.25, -0.2) is 0 Å². The first-order chi connectivity index (χ1) is 7.24. The van der Waals surface area contributed by atoms with Gasteiger partial charge in [0.2, 0.25) is 0 Å². The Morgan fingerprint density at radius 3 is 3.13 bits per heavy atom. The normalized spacial score (nSPS) is 23.5. The van der Waals surface area contributed by atoms with Crippen molar-refractivity contribution in [3.63, 3.8) is 0 Å². The molecule has 5 heteroatoms. The van der Waals surface area contributed by atoms with Crippen molar-refractivity contribution in [2.24, 2.45) is 0 Å². The Hall–Kier alpha value is -0.650. The summed E-state index contributed by atoms with van der Waals surface area (Å²) in [5, 5.41) is 15.2. The molecular weight excluding hydrogens is 196 g/mol. The maximum atomic E-state index is 11.5. The molecule has 1 amide bonds. The smallest absolute Gasteiger partial charge is 0.250 e. The number of nitrogens with one attached hydrogen (secondary N) is 2. The second kappa shape index (κ2) is 6.76. The Kier molecular flexibility index (Phi) is 5.60. The van der Waals surface area contributed by atoms with E-state index in [1.54, 1.807) is 0 Å². The lowest BCUT2D eigenvalue weighted by atomic mass is 10.2. The Labute approximate surface area is 90.2 Å². The monoisotopic (exact) mass is 216 g/mol. The van der Waals surface area contributed by atoms with Gasteiger partial charge < -0.3 is 20.5 Å². The highest BCUT2D eigenvalue weighted by molar-refractivity contribution is 5.81. The predicted molar refractivity (Wildman–Crippen MR) is 56.5 cm³/mol. The van der Waals surface area contributed by atoms with E-state index in [1.807, 2.05) is 6.92 Å². The molecule has 0 aromatic carbocycles. The standard InChI is InChI=1S/C10H20N2O3/c1-2-3-8(13)6-12-10(14)9-7-11-4-5-15-9/h8-9,11,13H,2-7H2,1H3,(H,12,14)/t8?,9-/m1/s1. The van der Waals surface area contributed by atoms with Gasteiger partial charge in [-0.15, -0.1) is 0 Å². The molecule has 3 N–H and O–H groups in total. The molecular formula is C10H20N2O3. The van der Waals surface area contributed by atoms with Crippen molar-refractivity contribution < 1.29 is 14.6 Å². The van der Waals surface area contributed by atoms with Crippen molar-refractivity contribution >= 4 is 5.91 Å². The number of hydrogen-bond donors (Lipinski definition) is 3. The third-order valence-electron chi connectivity index (χ3n) is 2.35. The fraction of sp³-hybridized carbons (Fsp3) is 0.900. The zero-order chi connectivity index (χ0) is 11.1. The molecule has 1 rings (SSSR count). The van der Waals surface area contributed by atoms with E-state index in [1.165, 1.54) is 0 Å². The molecule has 1 fully saturated rings. The van der Waals surface area contributed by atoms with E-state index in [0.29, 0.717) is 26.1 Å². The molecule has 0 saturated carbocycles. The molecule has 1 unspecified atom stereocenters. The van der Waals surface area contributed by atoms with E-state index in [0.717, 1.165) is 13.0 Å². The van der Waals surface area contributed by atoms with E-state index in [4.69, 9.17) is 4.74 Å². The van der Waals surface area contributed by atoms with Gasteiger partial charge in [-0.05, 0) is 6.42 Å². The molecule has 15 heavy (non-hydrogen) atoms. The van der Waals surface area contributed by atoms with Gasteiger partial charge >= 0.3 is 0 Å². The predicted octanol–water partition coefficient (Wildman–Crippen LogP) is -0.748. The number of aliphatic hydroxyl groups is 1. The van der Waals surface area contributed by atoms with Crippen LogP contribution in [0.5, 0.6) is 0 Å². The van der Waals surface area contributed by atoms with Crippen LogP contribution < -0.4 is 10.6 Å². The topological polar surface area (TPSA) is 70.6 Å². The van der Waals surface area contributed by atoms with E-state index in [9.17, 15) is 9.90 Å². The summed E-state index contributed by atoms with van der Waals surface area (Å²) in [6.07, 6.45) is 0.769. The molecule has 1 saturated heterocycles. The molecule has 5 nitrogen and oxygen atoms in total. The number of carbonyl (C=O) groups excluding carboxylic acids is 1. The van der Waals surface area contributed by atoms with E-state index in [2.05, 4.69) is 10.6 Å². The molecule has 0 aromatic heterocycles. The Bertz CT molecular complexity index is 193. The zero-order valence-corrected chi connectivity index (χ0v) is 9.16. The molecule has 0 aromatic rings. The number of carbonyl (C=O) groups is 1. The summed E-state index contributed by atoms with van der Waals surface area (Å²) in [5.74, 6) is -0.141. The Morgan fingerprint density at radius 1 is 1.73 bits per heavy atom. The number of aliphatic hydroxyl groups excluding tert-OH is 1. The number of amides is 1. The van der Waals surface area contributed by atoms with Crippen LogP contribution in [0.2, 0.25) is 0 Å². The SMILES string of the molecule is CCCC(O)CNC(=O)[C@H]1CNCCO1. The Morgan fingerprint density at radius 2 is 2.53 bits per heavy atom. The second-order valence-corrected chi connectivity index (χ2v) is 3.75. The van der Waals surface area contributed by atoms with Gasteiger partial charge in [0.25, 0.3) is 5.91 Å². The lowest BCUT2D eigenvalue weighted by Gasteiger charge is -2.23. The summed E-state index contributed by atoms with van der Waals surface area (Å²) in [5.41, 5.74) is 0. The van der Waals surface area contributed by atoms with Crippen molar-refractivity contribution in [3.8, 4) is 0 Å². The first kappa shape index (κ1) is 12.4. The summed E-state index contributed by atoms with van der Waals surface area (Å²) in [7, 11) is 0. The summed E-state index contributed by atoms with van der Waals surface area (Å²) < 4.78 is 5.28. The van der Waals surface area contributed by atoms with Gasteiger partial charge in [0.15, 0.2) is 0 Å². The van der Waals surface area contributed by atoms with Crippen LogP contribution >= 0.6 is 0 Å². The minimum atomic E-state index is -0.449. The first-order valence-corrected chi connectivity index (χ1v) is 5.52. The van der Waals surface area contributed by atoms with Gasteiger partial charge in [-0.2, -0.15) is 0 Å². The van der Waals surface area contributed by atoms with Crippen molar-refractivity contribution in [1.29, 1.82) is 0 Å². The van der Waals surface area contributed by atoms with Gasteiger partial charge in [-0.1, -0.05) is 13.3 Å². The summed E-state index contributed by atoms with van der Waals surface area (Å²) in [6.45, 7) is 4.22. The lowest BCUT2D eigenvalue weighted by Crippen LogP contribution is -2.49. The average molecular weight is 216 g/mol. The third-order valence-corrected chi connectivity index (χ3v) is 2.35.